The normalized spacial score (nSPS) is 12.6. The Balaban J connectivity index is 1.48. The first kappa shape index (κ1) is 18.2. The number of aromatic nitrogens is 1. The molecule has 0 saturated carbocycles. The van der Waals surface area contributed by atoms with E-state index in [0.29, 0.717) is 27.9 Å². The minimum absolute atomic E-state index is 0.0768. The number of carbonyl (C=O) groups is 2. The highest BCUT2D eigenvalue weighted by atomic mass is 32.1. The number of fused-ring (bicyclic) bond motifs is 1. The number of hydrogen-bond acceptors (Lipinski definition) is 4. The van der Waals surface area contributed by atoms with Crippen molar-refractivity contribution in [2.75, 3.05) is 22.1 Å². The van der Waals surface area contributed by atoms with Gasteiger partial charge in [0.05, 0.1) is 5.69 Å². The van der Waals surface area contributed by atoms with Crippen molar-refractivity contribution < 1.29 is 9.59 Å². The van der Waals surface area contributed by atoms with Crippen LogP contribution >= 0.6 is 11.3 Å². The molecule has 1 aliphatic heterocycles. The molecular weight excluding hydrogens is 372 g/mol. The van der Waals surface area contributed by atoms with Gasteiger partial charge in [0.15, 0.2) is 5.13 Å². The van der Waals surface area contributed by atoms with Crippen molar-refractivity contribution in [2.45, 2.75) is 20.3 Å². The van der Waals surface area contributed by atoms with E-state index in [2.05, 4.69) is 15.6 Å². The summed E-state index contributed by atoms with van der Waals surface area (Å²) in [5.41, 5.74) is 4.50. The van der Waals surface area contributed by atoms with Gasteiger partial charge in [0.2, 0.25) is 0 Å². The van der Waals surface area contributed by atoms with E-state index in [1.54, 1.807) is 11.8 Å². The first-order chi connectivity index (χ1) is 13.5. The first-order valence-corrected chi connectivity index (χ1v) is 9.85. The lowest BCUT2D eigenvalue weighted by Crippen LogP contribution is -2.28. The summed E-state index contributed by atoms with van der Waals surface area (Å²) in [6, 6.07) is 15.1. The molecule has 0 aliphatic carbocycles. The van der Waals surface area contributed by atoms with E-state index in [1.165, 1.54) is 16.9 Å². The van der Waals surface area contributed by atoms with Crippen molar-refractivity contribution >= 4 is 39.8 Å². The van der Waals surface area contributed by atoms with Crippen molar-refractivity contribution in [3.63, 3.8) is 0 Å². The second-order valence-corrected chi connectivity index (χ2v) is 7.72. The summed E-state index contributed by atoms with van der Waals surface area (Å²) in [6.45, 7) is 4.41. The van der Waals surface area contributed by atoms with E-state index < -0.39 is 0 Å². The van der Waals surface area contributed by atoms with E-state index in [0.717, 1.165) is 17.7 Å². The van der Waals surface area contributed by atoms with E-state index in [-0.39, 0.29) is 11.9 Å². The smallest absolute Gasteiger partial charge is 0.308 e. The number of benzene rings is 2. The summed E-state index contributed by atoms with van der Waals surface area (Å²) in [4.78, 5) is 32.0. The van der Waals surface area contributed by atoms with Crippen LogP contribution in [0.1, 0.15) is 26.5 Å². The molecule has 0 bridgehead atoms. The quantitative estimate of drug-likeness (QED) is 0.684. The third-order valence-electron chi connectivity index (χ3n) is 4.62. The van der Waals surface area contributed by atoms with Crippen molar-refractivity contribution in [1.29, 1.82) is 0 Å². The van der Waals surface area contributed by atoms with Gasteiger partial charge in [0.1, 0.15) is 4.88 Å². The molecule has 0 radical (unpaired) electrons. The van der Waals surface area contributed by atoms with Gasteiger partial charge in [0, 0.05) is 17.9 Å². The summed E-state index contributed by atoms with van der Waals surface area (Å²) in [5.74, 6) is -0.0768. The molecule has 0 fully saturated rings. The topological polar surface area (TPSA) is 74.3 Å². The van der Waals surface area contributed by atoms with Gasteiger partial charge >= 0.3 is 6.03 Å². The Bertz CT molecular complexity index is 1060. The van der Waals surface area contributed by atoms with Gasteiger partial charge < -0.3 is 10.2 Å². The number of para-hydroxylation sites is 1. The molecule has 1 aliphatic rings. The van der Waals surface area contributed by atoms with Crippen LogP contribution in [0.3, 0.4) is 0 Å². The van der Waals surface area contributed by atoms with Crippen molar-refractivity contribution in [2.24, 2.45) is 0 Å². The maximum absolute atomic E-state index is 13.0. The van der Waals surface area contributed by atoms with Gasteiger partial charge in [-0.05, 0) is 49.6 Å². The Morgan fingerprint density at radius 1 is 1.07 bits per heavy atom. The molecule has 2 aromatic carbocycles. The molecule has 1 aromatic heterocycles. The van der Waals surface area contributed by atoms with Crippen molar-refractivity contribution in [1.82, 2.24) is 4.98 Å². The zero-order chi connectivity index (χ0) is 19.7. The SMILES string of the molecule is Cc1cccc(NC(=O)Nc2nc(C)c(C(=O)N3CCc4ccccc43)s2)c1. The molecule has 0 atom stereocenters. The third kappa shape index (κ3) is 3.61. The molecule has 4 rings (SSSR count). The number of amides is 3. The van der Waals surface area contributed by atoms with Gasteiger partial charge in [-0.3, -0.25) is 10.1 Å². The number of anilines is 3. The fourth-order valence-corrected chi connectivity index (χ4v) is 4.21. The second-order valence-electron chi connectivity index (χ2n) is 6.72. The zero-order valence-corrected chi connectivity index (χ0v) is 16.5. The maximum atomic E-state index is 13.0. The van der Waals surface area contributed by atoms with E-state index in [1.807, 2.05) is 55.5 Å². The molecule has 7 heteroatoms. The lowest BCUT2D eigenvalue weighted by molar-refractivity contribution is 0.0992. The zero-order valence-electron chi connectivity index (χ0n) is 15.7. The average molecular weight is 392 g/mol. The lowest BCUT2D eigenvalue weighted by atomic mass is 10.2. The van der Waals surface area contributed by atoms with Gasteiger partial charge in [-0.2, -0.15) is 0 Å². The fourth-order valence-electron chi connectivity index (χ4n) is 3.30. The minimum atomic E-state index is -0.384. The molecule has 2 heterocycles. The van der Waals surface area contributed by atoms with Gasteiger partial charge in [-0.1, -0.05) is 41.7 Å². The molecule has 2 N–H and O–H groups in total. The molecule has 6 nitrogen and oxygen atoms in total. The number of urea groups is 1. The van der Waals surface area contributed by atoms with Crippen molar-refractivity contribution in [3.05, 3.63) is 70.2 Å². The average Bonchev–Trinajstić information content (AvgIpc) is 3.24. The highest BCUT2D eigenvalue weighted by molar-refractivity contribution is 7.17. The van der Waals surface area contributed by atoms with Crippen LogP contribution in [0.5, 0.6) is 0 Å². The summed E-state index contributed by atoms with van der Waals surface area (Å²) < 4.78 is 0. The standard InChI is InChI=1S/C21H20N4O2S/c1-13-6-5-8-16(12-13)23-20(27)24-21-22-14(2)18(28-21)19(26)25-11-10-15-7-3-4-9-17(15)25/h3-9,12H,10-11H2,1-2H3,(H2,22,23,24,27). The number of carbonyl (C=O) groups excluding carboxylic acids is 2. The maximum Gasteiger partial charge on any atom is 0.325 e. The highest BCUT2D eigenvalue weighted by Crippen LogP contribution is 2.32. The third-order valence-corrected chi connectivity index (χ3v) is 5.68. The number of hydrogen-bond donors (Lipinski definition) is 2. The van der Waals surface area contributed by atoms with Crippen LogP contribution in [-0.4, -0.2) is 23.5 Å². The summed E-state index contributed by atoms with van der Waals surface area (Å²) >= 11 is 1.20. The highest BCUT2D eigenvalue weighted by Gasteiger charge is 2.28. The van der Waals surface area contributed by atoms with Crippen LogP contribution < -0.4 is 15.5 Å². The largest absolute Gasteiger partial charge is 0.325 e. The molecule has 0 saturated heterocycles. The van der Waals surface area contributed by atoms with Crippen LogP contribution in [0, 0.1) is 13.8 Å². The molecule has 142 valence electrons. The molecule has 3 amide bonds. The minimum Gasteiger partial charge on any atom is -0.308 e. The van der Waals surface area contributed by atoms with E-state index >= 15 is 0 Å². The van der Waals surface area contributed by atoms with Crippen LogP contribution in [0.25, 0.3) is 0 Å². The Hall–Kier alpha value is -3.19. The van der Waals surface area contributed by atoms with Gasteiger partial charge in [0.25, 0.3) is 5.91 Å². The summed E-state index contributed by atoms with van der Waals surface area (Å²) in [6.07, 6.45) is 0.851. The summed E-state index contributed by atoms with van der Waals surface area (Å²) in [7, 11) is 0. The predicted molar refractivity (Wildman–Crippen MR) is 112 cm³/mol. The number of nitrogens with one attached hydrogen (secondary N) is 2. The van der Waals surface area contributed by atoms with E-state index in [4.69, 9.17) is 0 Å². The number of nitrogens with zero attached hydrogens (tertiary/aromatic N) is 2. The Kier molecular flexibility index (Phi) is 4.83. The summed E-state index contributed by atoms with van der Waals surface area (Å²) in [5, 5.41) is 5.90. The number of thiazole rings is 1. The molecule has 0 unspecified atom stereocenters. The number of rotatable bonds is 3. The Morgan fingerprint density at radius 2 is 1.89 bits per heavy atom. The first-order valence-electron chi connectivity index (χ1n) is 9.03. The Morgan fingerprint density at radius 3 is 2.71 bits per heavy atom. The van der Waals surface area contributed by atoms with Crippen LogP contribution in [0.4, 0.5) is 21.3 Å². The molecule has 28 heavy (non-hydrogen) atoms. The molecule has 3 aromatic rings. The second kappa shape index (κ2) is 7.44. The van der Waals surface area contributed by atoms with Gasteiger partial charge in [-0.25, -0.2) is 9.78 Å². The van der Waals surface area contributed by atoms with Crippen LogP contribution in [0.2, 0.25) is 0 Å². The fraction of sp³-hybridized carbons (Fsp3) is 0.190. The number of aryl methyl sites for hydroxylation is 2. The monoisotopic (exact) mass is 392 g/mol. The lowest BCUT2D eigenvalue weighted by Gasteiger charge is -2.16. The molecular formula is C21H20N4O2S. The Labute approximate surface area is 167 Å². The van der Waals surface area contributed by atoms with E-state index in [9.17, 15) is 9.59 Å². The predicted octanol–water partition coefficient (Wildman–Crippen LogP) is 4.61. The van der Waals surface area contributed by atoms with Crippen molar-refractivity contribution in [3.8, 4) is 0 Å². The van der Waals surface area contributed by atoms with Crippen LogP contribution in [0.15, 0.2) is 48.5 Å². The van der Waals surface area contributed by atoms with Gasteiger partial charge in [-0.15, -0.1) is 0 Å². The molecule has 0 spiro atoms. The van der Waals surface area contributed by atoms with Crippen LogP contribution in [-0.2, 0) is 6.42 Å².